The Bertz CT molecular complexity index is 1440. The summed E-state index contributed by atoms with van der Waals surface area (Å²) in [5.41, 5.74) is 0.680. The number of carbonyl (C=O) groups excluding carboxylic acids is 1. The molecule has 10 rings (SSSR count). The van der Waals surface area contributed by atoms with Gasteiger partial charge in [0.2, 0.25) is 11.8 Å². The third-order valence-corrected chi connectivity index (χ3v) is 11.2. The largest absolute Gasteiger partial charge is 0.441 e. The highest BCUT2D eigenvalue weighted by atomic mass is 19.1. The third kappa shape index (κ3) is 4.35. The van der Waals surface area contributed by atoms with Crippen LogP contribution in [0.2, 0.25) is 0 Å². The van der Waals surface area contributed by atoms with Crippen molar-refractivity contribution in [2.75, 3.05) is 11.4 Å². The van der Waals surface area contributed by atoms with Crippen LogP contribution in [0.5, 0.6) is 0 Å². The van der Waals surface area contributed by atoms with E-state index in [2.05, 4.69) is 23.1 Å². The molecule has 1 amide bonds. The Balaban J connectivity index is 1.07. The molecular weight excluding hydrogens is 519 g/mol. The Hall–Kier alpha value is -3.03. The summed E-state index contributed by atoms with van der Waals surface area (Å²) < 4.78 is 26.8. The molecule has 2 heterocycles. The molecule has 0 aliphatic heterocycles. The van der Waals surface area contributed by atoms with Crippen LogP contribution in [-0.2, 0) is 16.6 Å². The topological polar surface area (TPSA) is 85.3 Å². The molecule has 1 aromatic carbocycles. The number of nitrogens with zero attached hydrogens (tertiary/aromatic N) is 4. The highest BCUT2D eigenvalue weighted by Gasteiger charge is 2.60. The van der Waals surface area contributed by atoms with Gasteiger partial charge in [0.05, 0.1) is 6.20 Å². The van der Waals surface area contributed by atoms with Gasteiger partial charge in [-0.15, -0.1) is 0 Å². The third-order valence-electron chi connectivity index (χ3n) is 11.2. The van der Waals surface area contributed by atoms with E-state index < -0.39 is 5.67 Å². The average molecular weight is 559 g/mol. The fourth-order valence-corrected chi connectivity index (χ4v) is 8.39. The predicted molar refractivity (Wildman–Crippen MR) is 151 cm³/mol. The summed E-state index contributed by atoms with van der Waals surface area (Å²) >= 11 is 0. The molecule has 7 saturated carbocycles. The molecule has 0 unspecified atom stereocenters. The van der Waals surface area contributed by atoms with Crippen molar-refractivity contribution in [2.24, 2.45) is 17.3 Å². The molecule has 7 fully saturated rings. The van der Waals surface area contributed by atoms with Crippen molar-refractivity contribution in [1.82, 2.24) is 15.1 Å². The van der Waals surface area contributed by atoms with E-state index in [1.54, 1.807) is 6.20 Å². The lowest BCUT2D eigenvalue weighted by molar-refractivity contribution is -0.123. The average Bonchev–Trinajstić information content (AvgIpc) is 3.31. The number of aromatic nitrogens is 3. The first-order valence-electron chi connectivity index (χ1n) is 15.8. The van der Waals surface area contributed by atoms with Gasteiger partial charge in [0.1, 0.15) is 5.67 Å². The molecule has 0 N–H and O–H groups in total. The summed E-state index contributed by atoms with van der Waals surface area (Å²) in [6.07, 6.45) is 13.5. The summed E-state index contributed by atoms with van der Waals surface area (Å²) in [6.45, 7) is 2.78. The second-order valence-electron chi connectivity index (χ2n) is 14.0. The normalized spacial score (nSPS) is 33.6. The summed E-state index contributed by atoms with van der Waals surface area (Å²) in [6, 6.07) is 8.10. The van der Waals surface area contributed by atoms with E-state index in [4.69, 9.17) is 13.9 Å². The molecular formula is C33H39FN4O3. The highest BCUT2D eigenvalue weighted by Crippen LogP contribution is 2.60. The van der Waals surface area contributed by atoms with Crippen LogP contribution in [0.3, 0.4) is 0 Å². The van der Waals surface area contributed by atoms with Crippen LogP contribution >= 0.6 is 0 Å². The molecule has 0 spiro atoms. The van der Waals surface area contributed by atoms with Crippen molar-refractivity contribution >= 4 is 11.6 Å². The van der Waals surface area contributed by atoms with E-state index in [1.807, 2.05) is 23.1 Å². The Morgan fingerprint density at radius 2 is 1.88 bits per heavy atom. The van der Waals surface area contributed by atoms with E-state index in [0.29, 0.717) is 31.7 Å². The van der Waals surface area contributed by atoms with Gasteiger partial charge < -0.3 is 13.8 Å². The van der Waals surface area contributed by atoms with Crippen LogP contribution in [0.25, 0.3) is 11.3 Å². The van der Waals surface area contributed by atoms with Crippen LogP contribution < -0.4 is 4.90 Å². The summed E-state index contributed by atoms with van der Waals surface area (Å²) in [4.78, 5) is 25.6. The van der Waals surface area contributed by atoms with Gasteiger partial charge in [-0.2, -0.15) is 4.98 Å². The number of carbonyl (C=O) groups is 1. The zero-order chi connectivity index (χ0) is 27.8. The lowest BCUT2D eigenvalue weighted by atomic mass is 9.53. The molecule has 7 aliphatic rings. The van der Waals surface area contributed by atoms with Crippen LogP contribution in [0.15, 0.2) is 39.4 Å². The number of benzene rings is 1. The number of hydrogen-bond donors (Lipinski definition) is 0. The molecule has 0 saturated heterocycles. The number of rotatable bonds is 9. The molecule has 2 aromatic heterocycles. The lowest BCUT2D eigenvalue weighted by Gasteiger charge is -2.53. The maximum Gasteiger partial charge on any atom is 0.232 e. The van der Waals surface area contributed by atoms with Gasteiger partial charge in [-0.1, -0.05) is 24.2 Å². The zero-order valence-corrected chi connectivity index (χ0v) is 23.9. The summed E-state index contributed by atoms with van der Waals surface area (Å²) in [7, 11) is 0. The van der Waals surface area contributed by atoms with Crippen molar-refractivity contribution < 1.29 is 18.1 Å². The maximum atomic E-state index is 15.0. The molecule has 8 heteroatoms. The molecule has 7 aliphatic carbocycles. The molecule has 0 radical (unpaired) electrons. The van der Waals surface area contributed by atoms with Gasteiger partial charge in [-0.3, -0.25) is 4.79 Å². The summed E-state index contributed by atoms with van der Waals surface area (Å²) in [5, 5.41) is 4.32. The first-order chi connectivity index (χ1) is 19.9. The van der Waals surface area contributed by atoms with E-state index in [0.717, 1.165) is 86.0 Å². The van der Waals surface area contributed by atoms with Crippen molar-refractivity contribution in [2.45, 2.75) is 107 Å². The van der Waals surface area contributed by atoms with E-state index in [-0.39, 0.29) is 28.6 Å². The van der Waals surface area contributed by atoms with Crippen molar-refractivity contribution in [3.05, 3.63) is 48.1 Å². The van der Waals surface area contributed by atoms with Gasteiger partial charge in [0, 0.05) is 41.5 Å². The number of anilines is 1. The fraction of sp³-hybridized carbons (Fsp3) is 0.636. The van der Waals surface area contributed by atoms with E-state index in [9.17, 15) is 9.18 Å². The minimum atomic E-state index is -1.13. The van der Waals surface area contributed by atoms with Crippen molar-refractivity contribution in [3.63, 3.8) is 0 Å². The minimum absolute atomic E-state index is 0.0214. The SMILES string of the molecule is CCCc1ncc(-c2cccc(N(CC34CCC(c5nc(C6CC6)no5)(CC3)CC4)C(=O)[C@H]3CC4(F)CC3C4)c2)o1. The van der Waals surface area contributed by atoms with Gasteiger partial charge in [0.25, 0.3) is 0 Å². The zero-order valence-electron chi connectivity index (χ0n) is 23.9. The van der Waals surface area contributed by atoms with Gasteiger partial charge in [-0.05, 0) is 101 Å². The van der Waals surface area contributed by atoms with E-state index >= 15 is 0 Å². The monoisotopic (exact) mass is 558 g/mol. The minimum Gasteiger partial charge on any atom is -0.441 e. The second-order valence-corrected chi connectivity index (χ2v) is 14.0. The quantitative estimate of drug-likeness (QED) is 0.274. The molecule has 41 heavy (non-hydrogen) atoms. The second kappa shape index (κ2) is 9.23. The number of amides is 1. The number of halogens is 1. The predicted octanol–water partition coefficient (Wildman–Crippen LogP) is 7.32. The molecule has 7 nitrogen and oxygen atoms in total. The maximum absolute atomic E-state index is 15.0. The Morgan fingerprint density at radius 3 is 2.56 bits per heavy atom. The standard InChI is InChI=1S/C33H39FN4O3/c1-2-4-27-35-19-26(40-27)22-5-3-6-24(15-22)38(29(39)25-18-33(34)16-23(25)17-33)20-31-9-12-32(13-10-31,14-11-31)30-36-28(37-41-30)21-7-8-21/h3,5-6,15,19,21,23,25H,2,4,7-14,16-18,20H2,1H3/t23?,25-,31?,32?,33?/m0/s1. The Morgan fingerprint density at radius 1 is 1.10 bits per heavy atom. The van der Waals surface area contributed by atoms with Gasteiger partial charge in [0.15, 0.2) is 17.5 Å². The molecule has 1 atom stereocenters. The Labute approximate surface area is 240 Å². The van der Waals surface area contributed by atoms with Gasteiger partial charge >= 0.3 is 0 Å². The van der Waals surface area contributed by atoms with Crippen LogP contribution in [0.1, 0.15) is 107 Å². The number of fused-ring (bicyclic) bond motifs is 4. The highest BCUT2D eigenvalue weighted by molar-refractivity contribution is 5.96. The first-order valence-corrected chi connectivity index (χ1v) is 15.8. The lowest BCUT2D eigenvalue weighted by Crippen LogP contribution is -2.51. The molecule has 3 aromatic rings. The number of aryl methyl sites for hydroxylation is 1. The van der Waals surface area contributed by atoms with E-state index in [1.165, 1.54) is 12.8 Å². The smallest absolute Gasteiger partial charge is 0.232 e. The van der Waals surface area contributed by atoms with Crippen LogP contribution in [-0.4, -0.2) is 33.2 Å². The number of alkyl halides is 1. The first kappa shape index (κ1) is 25.7. The van der Waals surface area contributed by atoms with Crippen LogP contribution in [0.4, 0.5) is 10.1 Å². The molecule has 216 valence electrons. The number of oxazole rings is 1. The van der Waals surface area contributed by atoms with Crippen molar-refractivity contribution in [3.8, 4) is 11.3 Å². The number of hydrogen-bond acceptors (Lipinski definition) is 6. The Kier molecular flexibility index (Phi) is 5.78. The fourth-order valence-electron chi connectivity index (χ4n) is 8.39. The van der Waals surface area contributed by atoms with Crippen LogP contribution in [0, 0.1) is 17.3 Å². The summed E-state index contributed by atoms with van der Waals surface area (Å²) in [5.74, 6) is 3.71. The van der Waals surface area contributed by atoms with Crippen molar-refractivity contribution in [1.29, 1.82) is 0 Å². The molecule has 4 bridgehead atoms. The van der Waals surface area contributed by atoms with Gasteiger partial charge in [-0.25, -0.2) is 9.37 Å².